The van der Waals surface area contributed by atoms with Gasteiger partial charge in [0.25, 0.3) is 0 Å². The van der Waals surface area contributed by atoms with Gasteiger partial charge in [0.05, 0.1) is 5.92 Å². The Morgan fingerprint density at radius 3 is 2.03 bits per heavy atom. The molecule has 1 fully saturated rings. The molecule has 5 heteroatoms. The summed E-state index contributed by atoms with van der Waals surface area (Å²) in [5, 5.41) is 13.4. The van der Waals surface area contributed by atoms with Gasteiger partial charge in [0.2, 0.25) is 0 Å². The maximum atomic E-state index is 13.6. The summed E-state index contributed by atoms with van der Waals surface area (Å²) in [6.45, 7) is -0.0139. The van der Waals surface area contributed by atoms with Gasteiger partial charge in [-0.25, -0.2) is 0 Å². The number of benzene rings is 3. The van der Waals surface area contributed by atoms with E-state index in [1.54, 1.807) is 24.3 Å². The molecule has 1 aliphatic rings. The summed E-state index contributed by atoms with van der Waals surface area (Å²) in [6, 6.07) is 25.6. The zero-order valence-corrected chi connectivity index (χ0v) is 19.2. The molecule has 0 saturated heterocycles. The average Bonchev–Trinajstić information content (AvgIpc) is 2.89. The minimum absolute atomic E-state index is 0.0139. The van der Waals surface area contributed by atoms with Crippen LogP contribution in [-0.2, 0) is 4.79 Å². The fourth-order valence-corrected chi connectivity index (χ4v) is 4.58. The van der Waals surface area contributed by atoms with Crippen molar-refractivity contribution in [3.05, 3.63) is 90.5 Å². The molecular weight excluding hydrogens is 426 g/mol. The summed E-state index contributed by atoms with van der Waals surface area (Å²) >= 11 is 0. The van der Waals surface area contributed by atoms with E-state index in [4.69, 9.17) is 4.74 Å². The van der Waals surface area contributed by atoms with Crippen molar-refractivity contribution in [2.45, 2.75) is 44.2 Å². The molecule has 3 aromatic rings. The topological polar surface area (TPSA) is 75.6 Å². The fourth-order valence-electron chi connectivity index (χ4n) is 4.58. The lowest BCUT2D eigenvalue weighted by Gasteiger charge is -2.30. The van der Waals surface area contributed by atoms with Crippen LogP contribution in [0.5, 0.6) is 5.75 Å². The van der Waals surface area contributed by atoms with E-state index >= 15 is 0 Å². The van der Waals surface area contributed by atoms with E-state index in [-0.39, 0.29) is 18.4 Å². The minimum atomic E-state index is -1.03. The molecule has 0 radical (unpaired) electrons. The summed E-state index contributed by atoms with van der Waals surface area (Å²) in [5.74, 6) is -1.50. The van der Waals surface area contributed by atoms with Crippen molar-refractivity contribution in [3.63, 3.8) is 0 Å². The first-order valence-electron chi connectivity index (χ1n) is 12.0. The van der Waals surface area contributed by atoms with Gasteiger partial charge in [-0.15, -0.1) is 0 Å². The molecule has 0 bridgehead atoms. The van der Waals surface area contributed by atoms with Crippen LogP contribution in [0.25, 0.3) is 11.1 Å². The van der Waals surface area contributed by atoms with Crippen LogP contribution in [0.15, 0.2) is 84.9 Å². The maximum absolute atomic E-state index is 13.6. The number of ketones is 1. The normalized spacial score (nSPS) is 15.9. The largest absolute Gasteiger partial charge is 0.493 e. The predicted octanol–water partition coefficient (Wildman–Crippen LogP) is 5.61. The monoisotopic (exact) mass is 457 g/mol. The number of rotatable bonds is 10. The first-order chi connectivity index (χ1) is 16.6. The Hall–Kier alpha value is -3.44. The van der Waals surface area contributed by atoms with Crippen LogP contribution >= 0.6 is 0 Å². The third-order valence-corrected chi connectivity index (χ3v) is 6.47. The van der Waals surface area contributed by atoms with E-state index in [2.05, 4.69) is 5.32 Å². The molecule has 2 unspecified atom stereocenters. The number of aliphatic carboxylic acids is 1. The summed E-state index contributed by atoms with van der Waals surface area (Å²) in [7, 11) is 0. The Kier molecular flexibility index (Phi) is 8.10. The van der Waals surface area contributed by atoms with Crippen LogP contribution in [0, 0.1) is 5.92 Å². The van der Waals surface area contributed by atoms with Gasteiger partial charge in [-0.1, -0.05) is 92.1 Å². The number of para-hydroxylation sites is 1. The molecule has 0 aliphatic heterocycles. The number of ether oxygens (including phenoxy) is 1. The highest BCUT2D eigenvalue weighted by Crippen LogP contribution is 2.24. The van der Waals surface area contributed by atoms with Gasteiger partial charge in [-0.2, -0.15) is 0 Å². The van der Waals surface area contributed by atoms with Crippen molar-refractivity contribution in [1.29, 1.82) is 0 Å². The molecule has 1 saturated carbocycles. The van der Waals surface area contributed by atoms with Crippen LogP contribution < -0.4 is 10.1 Å². The van der Waals surface area contributed by atoms with Gasteiger partial charge in [0.1, 0.15) is 18.4 Å². The zero-order valence-electron chi connectivity index (χ0n) is 19.2. The van der Waals surface area contributed by atoms with Crippen molar-refractivity contribution in [1.82, 2.24) is 5.32 Å². The molecule has 176 valence electrons. The average molecular weight is 458 g/mol. The van der Waals surface area contributed by atoms with Crippen LogP contribution in [-0.4, -0.2) is 35.5 Å². The van der Waals surface area contributed by atoms with Crippen molar-refractivity contribution < 1.29 is 19.4 Å². The standard InChI is InChI=1S/C29H31NO4/c31-28(23-18-16-22(17-19-23)21-10-4-1-5-11-21)26(20-34-25-14-8-3-9-15-25)27(29(32)33)30-24-12-6-2-7-13-24/h1,3-5,8-11,14-19,24,26-27,30H,2,6-7,12-13,20H2,(H,32,33). The molecule has 2 atom stereocenters. The Morgan fingerprint density at radius 2 is 1.41 bits per heavy atom. The molecule has 2 N–H and O–H groups in total. The Morgan fingerprint density at radius 1 is 0.824 bits per heavy atom. The smallest absolute Gasteiger partial charge is 0.321 e. The van der Waals surface area contributed by atoms with Crippen molar-refractivity contribution in [2.24, 2.45) is 5.92 Å². The minimum Gasteiger partial charge on any atom is -0.493 e. The number of Topliss-reactive ketones (excluding diaryl/α,β-unsaturated/α-hetero) is 1. The molecule has 0 amide bonds. The highest BCUT2D eigenvalue weighted by Gasteiger charge is 2.36. The number of nitrogens with one attached hydrogen (secondary N) is 1. The van der Waals surface area contributed by atoms with Crippen molar-refractivity contribution in [3.8, 4) is 16.9 Å². The van der Waals surface area contributed by atoms with Crippen LogP contribution in [0.2, 0.25) is 0 Å². The molecule has 3 aromatic carbocycles. The van der Waals surface area contributed by atoms with Crippen molar-refractivity contribution >= 4 is 11.8 Å². The van der Waals surface area contributed by atoms with Crippen LogP contribution in [0.3, 0.4) is 0 Å². The predicted molar refractivity (Wildman–Crippen MR) is 133 cm³/mol. The summed E-state index contributed by atoms with van der Waals surface area (Å²) in [6.07, 6.45) is 5.17. The van der Waals surface area contributed by atoms with E-state index in [9.17, 15) is 14.7 Å². The molecule has 1 aliphatic carbocycles. The maximum Gasteiger partial charge on any atom is 0.321 e. The van der Waals surface area contributed by atoms with Gasteiger partial charge in [-0.3, -0.25) is 9.59 Å². The van der Waals surface area contributed by atoms with Gasteiger partial charge in [-0.05, 0) is 36.1 Å². The van der Waals surface area contributed by atoms with E-state index in [1.807, 2.05) is 60.7 Å². The third-order valence-electron chi connectivity index (χ3n) is 6.47. The third kappa shape index (κ3) is 6.12. The highest BCUT2D eigenvalue weighted by atomic mass is 16.5. The fraction of sp³-hybridized carbons (Fsp3) is 0.310. The molecule has 0 aromatic heterocycles. The number of carboxylic acid groups (broad SMARTS) is 1. The SMILES string of the molecule is O=C(c1ccc(-c2ccccc2)cc1)C(COc1ccccc1)C(NC1CCCCC1)C(=O)O. The molecule has 34 heavy (non-hydrogen) atoms. The second kappa shape index (κ2) is 11.6. The van der Waals surface area contributed by atoms with E-state index < -0.39 is 17.9 Å². The number of hydrogen-bond acceptors (Lipinski definition) is 4. The Balaban J connectivity index is 1.57. The highest BCUT2D eigenvalue weighted by molar-refractivity contribution is 6.01. The molecule has 0 spiro atoms. The number of carbonyl (C=O) groups excluding carboxylic acids is 1. The summed E-state index contributed by atoms with van der Waals surface area (Å²) in [4.78, 5) is 25.9. The second-order valence-corrected chi connectivity index (χ2v) is 8.86. The van der Waals surface area contributed by atoms with Gasteiger partial charge in [0.15, 0.2) is 5.78 Å². The Labute approximate surface area is 200 Å². The lowest BCUT2D eigenvalue weighted by atomic mass is 9.88. The first-order valence-corrected chi connectivity index (χ1v) is 12.0. The summed E-state index contributed by atoms with van der Waals surface area (Å²) in [5.41, 5.74) is 2.55. The van der Waals surface area contributed by atoms with Gasteiger partial charge >= 0.3 is 5.97 Å². The number of carbonyl (C=O) groups is 2. The van der Waals surface area contributed by atoms with Gasteiger partial charge < -0.3 is 15.2 Å². The zero-order chi connectivity index (χ0) is 23.8. The van der Waals surface area contributed by atoms with E-state index in [1.165, 1.54) is 6.42 Å². The number of hydrogen-bond donors (Lipinski definition) is 2. The summed E-state index contributed by atoms with van der Waals surface area (Å²) < 4.78 is 5.90. The van der Waals surface area contributed by atoms with Crippen LogP contribution in [0.1, 0.15) is 42.5 Å². The van der Waals surface area contributed by atoms with Gasteiger partial charge in [0, 0.05) is 11.6 Å². The Bertz CT molecular complexity index is 1060. The quantitative estimate of drug-likeness (QED) is 0.387. The molecule has 0 heterocycles. The van der Waals surface area contributed by atoms with Crippen molar-refractivity contribution in [2.75, 3.05) is 6.61 Å². The molecule has 4 rings (SSSR count). The van der Waals surface area contributed by atoms with E-state index in [0.717, 1.165) is 36.8 Å². The van der Waals surface area contributed by atoms with Crippen LogP contribution in [0.4, 0.5) is 0 Å². The number of carboxylic acids is 1. The molecular formula is C29H31NO4. The lowest BCUT2D eigenvalue weighted by Crippen LogP contribution is -2.52. The lowest BCUT2D eigenvalue weighted by molar-refractivity contribution is -0.141. The second-order valence-electron chi connectivity index (χ2n) is 8.86. The molecule has 5 nitrogen and oxygen atoms in total. The van der Waals surface area contributed by atoms with E-state index in [0.29, 0.717) is 11.3 Å². The first kappa shape index (κ1) is 23.7.